The van der Waals surface area contributed by atoms with Crippen molar-refractivity contribution < 1.29 is 42.9 Å². The van der Waals surface area contributed by atoms with Crippen LogP contribution in [0.3, 0.4) is 0 Å². The van der Waals surface area contributed by atoms with Crippen LogP contribution in [0.15, 0.2) is 170 Å². The van der Waals surface area contributed by atoms with Crippen LogP contribution >= 0.6 is 0 Å². The van der Waals surface area contributed by atoms with E-state index in [1.165, 1.54) is 109 Å². The SMILES string of the molecule is CC/C=C\C/C=C\C/C=C\C/C=C\C/C=C\C/C=C\C/C=C\CCCCCCCCCCCCCCCCCC(=O)OC(COC(=O)CCCCCCCCCCC/C=C\C/C=C\C/C=C\C/C=C\C/C=C\C/C=C\C/C=C\CC)COC(OCC[N+](C)(C)C)C(=O)O. The van der Waals surface area contributed by atoms with Crippen molar-refractivity contribution in [2.45, 2.75) is 296 Å². The molecule has 9 heteroatoms. The van der Waals surface area contributed by atoms with Crippen molar-refractivity contribution >= 4 is 17.9 Å². The zero-order valence-corrected chi connectivity index (χ0v) is 60.1. The molecule has 0 radical (unpaired) electrons. The lowest BCUT2D eigenvalue weighted by Gasteiger charge is -2.25. The maximum absolute atomic E-state index is 13.0. The largest absolute Gasteiger partial charge is 0.477 e. The molecular formula is C84H138NO8+. The number of rotatable bonds is 67. The number of quaternary nitrogens is 1. The molecule has 0 amide bonds. The average molecular weight is 1290 g/mol. The number of hydrogen-bond donors (Lipinski definition) is 1. The number of carbonyl (C=O) groups is 3. The summed E-state index contributed by atoms with van der Waals surface area (Å²) >= 11 is 0. The molecule has 0 saturated heterocycles. The molecule has 0 rings (SSSR count). The first-order valence-electron chi connectivity index (χ1n) is 37.3. The number of unbranched alkanes of at least 4 members (excludes halogenated alkanes) is 24. The lowest BCUT2D eigenvalue weighted by Crippen LogP contribution is -2.40. The summed E-state index contributed by atoms with van der Waals surface area (Å²) in [5.74, 6) is -2.02. The highest BCUT2D eigenvalue weighted by molar-refractivity contribution is 5.71. The van der Waals surface area contributed by atoms with Gasteiger partial charge in [-0.15, -0.1) is 0 Å². The van der Waals surface area contributed by atoms with Crippen LogP contribution in [0, 0.1) is 0 Å². The van der Waals surface area contributed by atoms with Crippen molar-refractivity contribution in [2.75, 3.05) is 47.5 Å². The first-order chi connectivity index (χ1) is 45.6. The monoisotopic (exact) mass is 1290 g/mol. The van der Waals surface area contributed by atoms with Gasteiger partial charge in [-0.1, -0.05) is 312 Å². The second kappa shape index (κ2) is 72.5. The van der Waals surface area contributed by atoms with E-state index < -0.39 is 24.3 Å². The summed E-state index contributed by atoms with van der Waals surface area (Å²) in [6.45, 7) is 4.64. The van der Waals surface area contributed by atoms with Gasteiger partial charge in [0.2, 0.25) is 0 Å². The van der Waals surface area contributed by atoms with Crippen molar-refractivity contribution in [2.24, 2.45) is 0 Å². The van der Waals surface area contributed by atoms with E-state index in [0.717, 1.165) is 141 Å². The predicted molar refractivity (Wildman–Crippen MR) is 400 cm³/mol. The number of allylic oxidation sites excluding steroid dienone is 28. The van der Waals surface area contributed by atoms with Gasteiger partial charge in [0, 0.05) is 12.8 Å². The summed E-state index contributed by atoms with van der Waals surface area (Å²) in [5, 5.41) is 9.76. The molecule has 0 aromatic rings. The van der Waals surface area contributed by atoms with Gasteiger partial charge in [-0.3, -0.25) is 9.59 Å². The standard InChI is InChI=1S/C84H137NO8/c1-6-8-10-12-14-16-18-20-22-24-26-28-30-32-34-36-38-39-40-41-42-43-45-47-49-51-53-55-57-59-61-63-65-67-69-71-73-75-82(87)93-80(79-92-84(83(88)89)90-77-76-85(3,4)5)78-91-81(86)74-72-70-68-66-64-62-60-58-56-54-52-50-48-46-44-37-35-33-31-29-27-25-23-21-19-17-15-13-11-9-7-2/h8-11,14-17,20-23,26-29,32-35,38-39,41-42,44,46,50,52,80,84H,6-7,12-13,18-19,24-25,30-31,36-37,40,43,45,47-49,51,53-79H2,1-5H3/p+1/b10-8-,11-9-,16-14-,17-15-,22-20-,23-21-,28-26-,29-27-,34-32-,35-33-,39-38-,42-41-,46-44-,52-50-. The molecule has 2 atom stereocenters. The Kier molecular flexibility index (Phi) is 68.3. The van der Waals surface area contributed by atoms with Crippen LogP contribution in [-0.4, -0.2) is 87.4 Å². The molecular weight excluding hydrogens is 1150 g/mol. The van der Waals surface area contributed by atoms with Gasteiger partial charge in [0.25, 0.3) is 6.29 Å². The molecule has 0 saturated carbocycles. The van der Waals surface area contributed by atoms with E-state index >= 15 is 0 Å². The van der Waals surface area contributed by atoms with Gasteiger partial charge < -0.3 is 28.5 Å². The molecule has 93 heavy (non-hydrogen) atoms. The van der Waals surface area contributed by atoms with E-state index in [2.05, 4.69) is 184 Å². The number of aliphatic carboxylic acids is 1. The Morgan fingerprint density at radius 1 is 0.323 bits per heavy atom. The van der Waals surface area contributed by atoms with Crippen molar-refractivity contribution in [1.82, 2.24) is 0 Å². The van der Waals surface area contributed by atoms with Gasteiger partial charge in [0.1, 0.15) is 13.2 Å². The normalized spacial score (nSPS) is 13.7. The topological polar surface area (TPSA) is 108 Å². The Labute approximate surface area is 571 Å². The Morgan fingerprint density at radius 3 is 0.860 bits per heavy atom. The fraction of sp³-hybridized carbons (Fsp3) is 0.631. The highest BCUT2D eigenvalue weighted by Crippen LogP contribution is 2.17. The third-order valence-corrected chi connectivity index (χ3v) is 15.5. The van der Waals surface area contributed by atoms with Gasteiger partial charge in [0.05, 0.1) is 34.4 Å². The molecule has 0 aliphatic heterocycles. The molecule has 9 nitrogen and oxygen atoms in total. The van der Waals surface area contributed by atoms with Gasteiger partial charge in [-0.2, -0.15) is 0 Å². The number of nitrogens with zero attached hydrogens (tertiary/aromatic N) is 1. The predicted octanol–water partition coefficient (Wildman–Crippen LogP) is 23.8. The maximum Gasteiger partial charge on any atom is 0.361 e. The second-order valence-electron chi connectivity index (χ2n) is 25.5. The quantitative estimate of drug-likeness (QED) is 0.0211. The molecule has 0 spiro atoms. The molecule has 0 aromatic carbocycles. The molecule has 0 aliphatic carbocycles. The lowest BCUT2D eigenvalue weighted by molar-refractivity contribution is -0.870. The number of hydrogen-bond acceptors (Lipinski definition) is 7. The minimum absolute atomic E-state index is 0.179. The molecule has 2 unspecified atom stereocenters. The zero-order valence-electron chi connectivity index (χ0n) is 60.1. The maximum atomic E-state index is 13.0. The summed E-state index contributed by atoms with van der Waals surface area (Å²) < 4.78 is 23.0. The van der Waals surface area contributed by atoms with Gasteiger partial charge in [-0.05, 0) is 128 Å². The molecule has 0 aromatic heterocycles. The minimum Gasteiger partial charge on any atom is -0.477 e. The fourth-order valence-corrected chi connectivity index (χ4v) is 9.86. The van der Waals surface area contributed by atoms with Crippen LogP contribution < -0.4 is 0 Å². The average Bonchev–Trinajstić information content (AvgIpc) is 3.73. The van der Waals surface area contributed by atoms with E-state index in [0.29, 0.717) is 17.4 Å². The Balaban J connectivity index is 4.14. The number of likely N-dealkylation sites (N-methyl/N-ethyl adjacent to an activating group) is 1. The van der Waals surface area contributed by atoms with E-state index in [1.54, 1.807) is 0 Å². The Morgan fingerprint density at radius 2 is 0.581 bits per heavy atom. The molecule has 0 bridgehead atoms. The molecule has 526 valence electrons. The van der Waals surface area contributed by atoms with Crippen LogP contribution in [0.4, 0.5) is 0 Å². The highest BCUT2D eigenvalue weighted by atomic mass is 16.7. The summed E-state index contributed by atoms with van der Waals surface area (Å²) in [7, 11) is 5.97. The number of esters is 2. The van der Waals surface area contributed by atoms with Crippen LogP contribution in [0.25, 0.3) is 0 Å². The summed E-state index contributed by atoms with van der Waals surface area (Å²) in [4.78, 5) is 37.7. The smallest absolute Gasteiger partial charge is 0.361 e. The third-order valence-electron chi connectivity index (χ3n) is 15.5. The fourth-order valence-electron chi connectivity index (χ4n) is 9.86. The van der Waals surface area contributed by atoms with Crippen molar-refractivity contribution in [1.29, 1.82) is 0 Å². The first kappa shape index (κ1) is 87.7. The highest BCUT2D eigenvalue weighted by Gasteiger charge is 2.25. The molecule has 0 aliphatic rings. The molecule has 0 heterocycles. The van der Waals surface area contributed by atoms with Crippen molar-refractivity contribution in [3.63, 3.8) is 0 Å². The van der Waals surface area contributed by atoms with E-state index in [1.807, 2.05) is 21.1 Å². The molecule has 0 fully saturated rings. The van der Waals surface area contributed by atoms with Crippen LogP contribution in [0.5, 0.6) is 0 Å². The van der Waals surface area contributed by atoms with E-state index in [4.69, 9.17) is 18.9 Å². The zero-order chi connectivity index (χ0) is 67.5. The first-order valence-corrected chi connectivity index (χ1v) is 37.3. The van der Waals surface area contributed by atoms with Crippen LogP contribution in [0.1, 0.15) is 284 Å². The summed E-state index contributed by atoms with van der Waals surface area (Å²) in [6.07, 6.45) is 106. The van der Waals surface area contributed by atoms with Crippen molar-refractivity contribution in [3.05, 3.63) is 170 Å². The van der Waals surface area contributed by atoms with Gasteiger partial charge in [0.15, 0.2) is 6.10 Å². The van der Waals surface area contributed by atoms with Crippen molar-refractivity contribution in [3.8, 4) is 0 Å². The number of ether oxygens (including phenoxy) is 4. The second-order valence-corrected chi connectivity index (χ2v) is 25.5. The Bertz CT molecular complexity index is 2140. The lowest BCUT2D eigenvalue weighted by atomic mass is 10.0. The number of carboxylic acids is 1. The van der Waals surface area contributed by atoms with E-state index in [-0.39, 0.29) is 38.6 Å². The number of carbonyl (C=O) groups excluding carboxylic acids is 2. The van der Waals surface area contributed by atoms with Gasteiger partial charge >= 0.3 is 17.9 Å². The Hall–Kier alpha value is -5.35. The summed E-state index contributed by atoms with van der Waals surface area (Å²) in [5.41, 5.74) is 0. The van der Waals surface area contributed by atoms with Crippen LogP contribution in [-0.2, 0) is 33.3 Å². The van der Waals surface area contributed by atoms with Crippen LogP contribution in [0.2, 0.25) is 0 Å². The number of carboxylic acid groups (broad SMARTS) is 1. The molecule has 1 N–H and O–H groups in total. The summed E-state index contributed by atoms with van der Waals surface area (Å²) in [6, 6.07) is 0. The van der Waals surface area contributed by atoms with Gasteiger partial charge in [-0.25, -0.2) is 4.79 Å². The third kappa shape index (κ3) is 73.9. The minimum atomic E-state index is -1.52. The van der Waals surface area contributed by atoms with E-state index in [9.17, 15) is 19.5 Å².